The van der Waals surface area contributed by atoms with Crippen molar-refractivity contribution in [2.45, 2.75) is 12.8 Å². The Balaban J connectivity index is 2.07. The molecule has 0 radical (unpaired) electrons. The van der Waals surface area contributed by atoms with Crippen molar-refractivity contribution < 1.29 is 13.6 Å². The lowest BCUT2D eigenvalue weighted by Crippen LogP contribution is -2.18. The van der Waals surface area contributed by atoms with E-state index < -0.39 is 11.6 Å². The lowest BCUT2D eigenvalue weighted by atomic mass is 10.1. The first kappa shape index (κ1) is 11.6. The number of carbonyl (C=O) groups is 1. The Hall–Kier alpha value is -0.900. The van der Waals surface area contributed by atoms with E-state index in [4.69, 9.17) is 0 Å². The SMILES string of the molecule is O=C(C[S+]1CCCC1)c1cc(F)cc(F)c1. The summed E-state index contributed by atoms with van der Waals surface area (Å²) in [5.74, 6) is 1.12. The van der Waals surface area contributed by atoms with Gasteiger partial charge in [0.1, 0.15) is 23.1 Å². The van der Waals surface area contributed by atoms with Crippen molar-refractivity contribution in [3.8, 4) is 0 Å². The van der Waals surface area contributed by atoms with E-state index in [0.29, 0.717) is 5.75 Å². The van der Waals surface area contributed by atoms with E-state index in [1.54, 1.807) is 0 Å². The standard InChI is InChI=1S/C12H13F2OS/c13-10-5-9(6-11(14)7-10)12(15)8-16-3-1-2-4-16/h5-7H,1-4,8H2/q+1. The summed E-state index contributed by atoms with van der Waals surface area (Å²) in [5, 5.41) is 0. The topological polar surface area (TPSA) is 17.1 Å². The third-order valence-corrected chi connectivity index (χ3v) is 5.04. The fourth-order valence-corrected chi connectivity index (χ4v) is 4.10. The monoisotopic (exact) mass is 243 g/mol. The molecule has 0 atom stereocenters. The minimum absolute atomic E-state index is 0.134. The smallest absolute Gasteiger partial charge is 0.212 e. The van der Waals surface area contributed by atoms with Crippen LogP contribution in [0.3, 0.4) is 0 Å². The predicted octanol–water partition coefficient (Wildman–Crippen LogP) is 2.56. The molecule has 1 heterocycles. The van der Waals surface area contributed by atoms with E-state index in [1.165, 1.54) is 12.8 Å². The molecule has 1 nitrogen and oxygen atoms in total. The van der Waals surface area contributed by atoms with Crippen LogP contribution in [0.1, 0.15) is 23.2 Å². The van der Waals surface area contributed by atoms with Crippen LogP contribution in [0.25, 0.3) is 0 Å². The van der Waals surface area contributed by atoms with Crippen LogP contribution in [0.5, 0.6) is 0 Å². The Kier molecular flexibility index (Phi) is 3.59. The Morgan fingerprint density at radius 2 is 1.69 bits per heavy atom. The quantitative estimate of drug-likeness (QED) is 0.589. The van der Waals surface area contributed by atoms with Gasteiger partial charge in [-0.05, 0) is 35.9 Å². The van der Waals surface area contributed by atoms with Crippen molar-refractivity contribution in [1.82, 2.24) is 0 Å². The van der Waals surface area contributed by atoms with Crippen molar-refractivity contribution in [3.05, 3.63) is 35.4 Å². The number of carbonyl (C=O) groups excluding carboxylic acids is 1. The summed E-state index contributed by atoms with van der Waals surface area (Å²) in [6.45, 7) is 0. The normalized spacial score (nSPS) is 16.6. The maximum absolute atomic E-state index is 12.9. The van der Waals surface area contributed by atoms with Crippen LogP contribution in [0.15, 0.2) is 18.2 Å². The van der Waals surface area contributed by atoms with E-state index in [1.807, 2.05) is 0 Å². The molecule has 4 heteroatoms. The molecule has 0 unspecified atom stereocenters. The number of hydrogen-bond acceptors (Lipinski definition) is 1. The average molecular weight is 243 g/mol. The second-order valence-electron chi connectivity index (χ2n) is 3.95. The molecule has 86 valence electrons. The first-order valence-electron chi connectivity index (χ1n) is 5.28. The lowest BCUT2D eigenvalue weighted by molar-refractivity contribution is 0.102. The van der Waals surface area contributed by atoms with Crippen molar-refractivity contribution in [2.75, 3.05) is 17.3 Å². The highest BCUT2D eigenvalue weighted by atomic mass is 32.2. The lowest BCUT2D eigenvalue weighted by Gasteiger charge is -2.01. The van der Waals surface area contributed by atoms with E-state index in [0.717, 1.165) is 29.7 Å². The summed E-state index contributed by atoms with van der Waals surface area (Å²) in [4.78, 5) is 11.8. The molecule has 0 bridgehead atoms. The van der Waals surface area contributed by atoms with Crippen LogP contribution < -0.4 is 0 Å². The van der Waals surface area contributed by atoms with Gasteiger partial charge in [0.25, 0.3) is 0 Å². The van der Waals surface area contributed by atoms with Gasteiger partial charge < -0.3 is 0 Å². The van der Waals surface area contributed by atoms with Crippen LogP contribution in [0.2, 0.25) is 0 Å². The van der Waals surface area contributed by atoms with Gasteiger partial charge in [0.05, 0.1) is 0 Å². The zero-order chi connectivity index (χ0) is 11.5. The Bertz CT molecular complexity index is 380. The average Bonchev–Trinajstić information content (AvgIpc) is 2.68. The van der Waals surface area contributed by atoms with E-state index in [9.17, 15) is 13.6 Å². The number of Topliss-reactive ketones (excluding diaryl/α,β-unsaturated/α-hetero) is 1. The van der Waals surface area contributed by atoms with E-state index in [2.05, 4.69) is 0 Å². The molecule has 0 spiro atoms. The molecule has 0 N–H and O–H groups in total. The number of benzene rings is 1. The van der Waals surface area contributed by atoms with Crippen molar-refractivity contribution >= 4 is 16.7 Å². The fourth-order valence-electron chi connectivity index (χ4n) is 1.84. The second kappa shape index (κ2) is 4.95. The molecule has 1 aromatic rings. The third kappa shape index (κ3) is 2.82. The van der Waals surface area contributed by atoms with Crippen LogP contribution in [-0.2, 0) is 10.9 Å². The minimum atomic E-state index is -0.682. The number of halogens is 2. The van der Waals surface area contributed by atoms with Gasteiger partial charge in [-0.2, -0.15) is 0 Å². The summed E-state index contributed by atoms with van der Waals surface area (Å²) < 4.78 is 25.8. The van der Waals surface area contributed by atoms with Crippen LogP contribution in [0, 0.1) is 11.6 Å². The fraction of sp³-hybridized carbons (Fsp3) is 0.417. The Labute approximate surface area is 96.2 Å². The molecule has 0 aliphatic carbocycles. The third-order valence-electron chi connectivity index (χ3n) is 2.64. The molecule has 0 saturated carbocycles. The second-order valence-corrected chi connectivity index (χ2v) is 6.28. The van der Waals surface area contributed by atoms with Crippen molar-refractivity contribution in [3.63, 3.8) is 0 Å². The minimum Gasteiger partial charge on any atom is -0.289 e. The molecule has 1 aliphatic rings. The largest absolute Gasteiger partial charge is 0.289 e. The van der Waals surface area contributed by atoms with Gasteiger partial charge in [0, 0.05) is 11.6 Å². The zero-order valence-corrected chi connectivity index (χ0v) is 9.66. The highest BCUT2D eigenvalue weighted by Crippen LogP contribution is 2.16. The van der Waals surface area contributed by atoms with Gasteiger partial charge in [-0.1, -0.05) is 0 Å². The van der Waals surface area contributed by atoms with Gasteiger partial charge in [0.15, 0.2) is 5.75 Å². The molecule has 1 saturated heterocycles. The summed E-state index contributed by atoms with van der Waals surface area (Å²) in [7, 11) is 0.134. The molecule has 2 rings (SSSR count). The maximum Gasteiger partial charge on any atom is 0.212 e. The summed E-state index contributed by atoms with van der Waals surface area (Å²) in [6, 6.07) is 3.02. The Morgan fingerprint density at radius 3 is 2.25 bits per heavy atom. The van der Waals surface area contributed by atoms with E-state index in [-0.39, 0.29) is 22.2 Å². The summed E-state index contributed by atoms with van der Waals surface area (Å²) in [6.07, 6.45) is 2.35. The summed E-state index contributed by atoms with van der Waals surface area (Å²) in [5.41, 5.74) is 0.164. The summed E-state index contributed by atoms with van der Waals surface area (Å²) >= 11 is 0. The zero-order valence-electron chi connectivity index (χ0n) is 8.84. The van der Waals surface area contributed by atoms with Gasteiger partial charge in [-0.15, -0.1) is 0 Å². The highest BCUT2D eigenvalue weighted by Gasteiger charge is 2.27. The molecule has 0 amide bonds. The van der Waals surface area contributed by atoms with Gasteiger partial charge in [-0.3, -0.25) is 4.79 Å². The van der Waals surface area contributed by atoms with Crippen molar-refractivity contribution in [2.24, 2.45) is 0 Å². The van der Waals surface area contributed by atoms with Crippen LogP contribution in [0.4, 0.5) is 8.78 Å². The molecular weight excluding hydrogens is 230 g/mol. The number of rotatable bonds is 3. The molecule has 1 fully saturated rings. The highest BCUT2D eigenvalue weighted by molar-refractivity contribution is 7.97. The molecular formula is C12H13F2OS+. The van der Waals surface area contributed by atoms with E-state index >= 15 is 0 Å². The number of ketones is 1. The Morgan fingerprint density at radius 1 is 1.12 bits per heavy atom. The first-order chi connectivity index (χ1) is 7.65. The first-order valence-corrected chi connectivity index (χ1v) is 7.02. The number of hydrogen-bond donors (Lipinski definition) is 0. The predicted molar refractivity (Wildman–Crippen MR) is 61.9 cm³/mol. The van der Waals surface area contributed by atoms with Gasteiger partial charge in [-0.25, -0.2) is 8.78 Å². The van der Waals surface area contributed by atoms with Gasteiger partial charge >= 0.3 is 0 Å². The molecule has 0 aromatic heterocycles. The molecule has 1 aliphatic heterocycles. The van der Waals surface area contributed by atoms with Gasteiger partial charge in [0.2, 0.25) is 5.78 Å². The van der Waals surface area contributed by atoms with Crippen molar-refractivity contribution in [1.29, 1.82) is 0 Å². The van der Waals surface area contributed by atoms with Crippen LogP contribution in [-0.4, -0.2) is 23.0 Å². The van der Waals surface area contributed by atoms with Crippen LogP contribution >= 0.6 is 0 Å². The maximum atomic E-state index is 12.9. The molecule has 1 aromatic carbocycles. The molecule has 16 heavy (non-hydrogen) atoms.